The van der Waals surface area contributed by atoms with Crippen molar-refractivity contribution in [2.24, 2.45) is 0 Å². The molecule has 0 amide bonds. The summed E-state index contributed by atoms with van der Waals surface area (Å²) in [6, 6.07) is 11.9. The summed E-state index contributed by atoms with van der Waals surface area (Å²) in [6.07, 6.45) is 1.06. The van der Waals surface area contributed by atoms with Crippen molar-refractivity contribution >= 4 is 45.0 Å². The number of nitrogens with one attached hydrogen (secondary N) is 3. The van der Waals surface area contributed by atoms with Crippen LogP contribution in [0, 0.1) is 0 Å². The van der Waals surface area contributed by atoms with Crippen LogP contribution in [-0.2, 0) is 0 Å². The van der Waals surface area contributed by atoms with Gasteiger partial charge in [-0.15, -0.1) is 0 Å². The number of methoxy groups -OCH3 is 1. The van der Waals surface area contributed by atoms with Gasteiger partial charge in [-0.2, -0.15) is 0 Å². The zero-order valence-corrected chi connectivity index (χ0v) is 15.6. The first-order chi connectivity index (χ1) is 12.1. The molecule has 1 aromatic heterocycles. The lowest BCUT2D eigenvalue weighted by Gasteiger charge is -2.14. The Morgan fingerprint density at radius 3 is 2.72 bits per heavy atom. The summed E-state index contributed by atoms with van der Waals surface area (Å²) in [6.45, 7) is 1.94. The van der Waals surface area contributed by atoms with E-state index in [0.717, 1.165) is 52.9 Å². The van der Waals surface area contributed by atoms with Crippen LogP contribution in [0.2, 0.25) is 0 Å². The third-order valence-electron chi connectivity index (χ3n) is 4.09. The van der Waals surface area contributed by atoms with Gasteiger partial charge < -0.3 is 24.7 Å². The van der Waals surface area contributed by atoms with E-state index in [1.165, 1.54) is 4.90 Å². The minimum atomic E-state index is 0.586. The average molecular weight is 358 g/mol. The second-order valence-electron chi connectivity index (χ2n) is 6.34. The minimum absolute atomic E-state index is 0.586. The van der Waals surface area contributed by atoms with E-state index in [9.17, 15) is 0 Å². The average Bonchev–Trinajstić information content (AvgIpc) is 2.95. The molecular formula is C19H24N3O2S+. The Hall–Kier alpha value is -2.31. The van der Waals surface area contributed by atoms with Gasteiger partial charge in [0.15, 0.2) is 5.11 Å². The number of rotatable bonds is 6. The van der Waals surface area contributed by atoms with Crippen molar-refractivity contribution in [2.75, 3.05) is 39.6 Å². The SMILES string of the molecule is COc1cc2c(cc1NC(=S)NCCC[NH+](C)C)oc1ccccc12. The maximum Gasteiger partial charge on any atom is 0.170 e. The molecular weight excluding hydrogens is 334 g/mol. The first-order valence-corrected chi connectivity index (χ1v) is 8.82. The lowest BCUT2D eigenvalue weighted by molar-refractivity contribution is -0.858. The summed E-state index contributed by atoms with van der Waals surface area (Å²) in [5.41, 5.74) is 2.47. The highest BCUT2D eigenvalue weighted by molar-refractivity contribution is 7.80. The van der Waals surface area contributed by atoms with Gasteiger partial charge in [0.05, 0.1) is 33.4 Å². The van der Waals surface area contributed by atoms with Gasteiger partial charge in [0.1, 0.15) is 16.9 Å². The third kappa shape index (κ3) is 4.03. The molecule has 0 radical (unpaired) electrons. The van der Waals surface area contributed by atoms with Crippen LogP contribution in [-0.4, -0.2) is 39.4 Å². The summed E-state index contributed by atoms with van der Waals surface area (Å²) in [7, 11) is 5.94. The van der Waals surface area contributed by atoms with E-state index in [0.29, 0.717) is 5.11 Å². The molecule has 132 valence electrons. The van der Waals surface area contributed by atoms with Crippen LogP contribution >= 0.6 is 12.2 Å². The highest BCUT2D eigenvalue weighted by Crippen LogP contribution is 2.36. The molecule has 0 bridgehead atoms. The van der Waals surface area contributed by atoms with Crippen molar-refractivity contribution in [1.82, 2.24) is 5.32 Å². The van der Waals surface area contributed by atoms with Crippen LogP contribution < -0.4 is 20.3 Å². The number of thiocarbonyl (C=S) groups is 1. The molecule has 3 aromatic rings. The molecule has 1 heterocycles. The summed E-state index contributed by atoms with van der Waals surface area (Å²) in [4.78, 5) is 1.43. The maximum atomic E-state index is 5.94. The van der Waals surface area contributed by atoms with Crippen molar-refractivity contribution in [2.45, 2.75) is 6.42 Å². The molecule has 0 saturated heterocycles. The number of anilines is 1. The summed E-state index contributed by atoms with van der Waals surface area (Å²) < 4.78 is 11.5. The number of hydrogen-bond donors (Lipinski definition) is 3. The maximum absolute atomic E-state index is 5.94. The van der Waals surface area contributed by atoms with Gasteiger partial charge in [-0.25, -0.2) is 0 Å². The lowest BCUT2D eigenvalue weighted by Crippen LogP contribution is -3.05. The molecule has 0 aliphatic rings. The fourth-order valence-electron chi connectivity index (χ4n) is 2.83. The van der Waals surface area contributed by atoms with Gasteiger partial charge in [-0.05, 0) is 24.4 Å². The van der Waals surface area contributed by atoms with Gasteiger partial charge in [-0.3, -0.25) is 0 Å². The number of para-hydroxylation sites is 1. The van der Waals surface area contributed by atoms with Crippen LogP contribution in [0.1, 0.15) is 6.42 Å². The lowest BCUT2D eigenvalue weighted by atomic mass is 10.1. The Bertz CT molecular complexity index is 889. The fourth-order valence-corrected chi connectivity index (χ4v) is 3.04. The molecule has 3 N–H and O–H groups in total. The molecule has 3 rings (SSSR count). The normalized spacial score (nSPS) is 11.2. The topological polar surface area (TPSA) is 50.9 Å². The molecule has 0 unspecified atom stereocenters. The van der Waals surface area contributed by atoms with E-state index in [2.05, 4.69) is 24.7 Å². The van der Waals surface area contributed by atoms with Gasteiger partial charge in [0, 0.05) is 29.8 Å². The largest absolute Gasteiger partial charge is 0.495 e. The van der Waals surface area contributed by atoms with E-state index < -0.39 is 0 Å². The van der Waals surface area contributed by atoms with Crippen molar-refractivity contribution in [3.63, 3.8) is 0 Å². The summed E-state index contributed by atoms with van der Waals surface area (Å²) in [5.74, 6) is 0.737. The van der Waals surface area contributed by atoms with Gasteiger partial charge in [0.2, 0.25) is 0 Å². The fraction of sp³-hybridized carbons (Fsp3) is 0.316. The van der Waals surface area contributed by atoms with Gasteiger partial charge >= 0.3 is 0 Å². The number of ether oxygens (including phenoxy) is 1. The molecule has 0 saturated carbocycles. The predicted octanol–water partition coefficient (Wildman–Crippen LogP) is 2.42. The molecule has 0 spiro atoms. The number of hydrogen-bond acceptors (Lipinski definition) is 3. The second-order valence-corrected chi connectivity index (χ2v) is 6.75. The van der Waals surface area contributed by atoms with Crippen LogP contribution in [0.25, 0.3) is 21.9 Å². The monoisotopic (exact) mass is 358 g/mol. The minimum Gasteiger partial charge on any atom is -0.495 e. The number of quaternary nitrogens is 1. The highest BCUT2D eigenvalue weighted by atomic mass is 32.1. The first-order valence-electron chi connectivity index (χ1n) is 8.41. The van der Waals surface area contributed by atoms with Crippen molar-refractivity contribution < 1.29 is 14.1 Å². The Morgan fingerprint density at radius 2 is 1.96 bits per heavy atom. The number of benzene rings is 2. The number of furan rings is 1. The number of fused-ring (bicyclic) bond motifs is 3. The molecule has 25 heavy (non-hydrogen) atoms. The van der Waals surface area contributed by atoms with E-state index in [1.807, 2.05) is 36.4 Å². The van der Waals surface area contributed by atoms with E-state index in [-0.39, 0.29) is 0 Å². The Balaban J connectivity index is 1.78. The van der Waals surface area contributed by atoms with Crippen LogP contribution in [0.4, 0.5) is 5.69 Å². The molecule has 0 aliphatic carbocycles. The predicted molar refractivity (Wildman–Crippen MR) is 107 cm³/mol. The molecule has 0 atom stereocenters. The molecule has 2 aromatic carbocycles. The Labute approximate surface area is 152 Å². The molecule has 0 aliphatic heterocycles. The molecule has 0 fully saturated rings. The van der Waals surface area contributed by atoms with Crippen LogP contribution in [0.3, 0.4) is 0 Å². The second kappa shape index (κ2) is 7.72. The third-order valence-corrected chi connectivity index (χ3v) is 4.33. The summed E-state index contributed by atoms with van der Waals surface area (Å²) in [5, 5.41) is 9.14. The van der Waals surface area contributed by atoms with E-state index in [4.69, 9.17) is 21.4 Å². The smallest absolute Gasteiger partial charge is 0.170 e. The zero-order valence-electron chi connectivity index (χ0n) is 14.8. The quantitative estimate of drug-likeness (QED) is 0.467. The highest BCUT2D eigenvalue weighted by Gasteiger charge is 2.13. The van der Waals surface area contributed by atoms with Gasteiger partial charge in [-0.1, -0.05) is 18.2 Å². The van der Waals surface area contributed by atoms with E-state index in [1.54, 1.807) is 7.11 Å². The Morgan fingerprint density at radius 1 is 1.16 bits per heavy atom. The van der Waals surface area contributed by atoms with Crippen molar-refractivity contribution in [3.05, 3.63) is 36.4 Å². The standard InChI is InChI=1S/C19H23N3O2S/c1-22(2)10-6-9-20-19(25)21-15-12-17-14(11-18(15)23-3)13-7-4-5-8-16(13)24-17/h4-5,7-8,11-12H,6,9-10H2,1-3H3,(H2,20,21,25)/p+1. The van der Waals surface area contributed by atoms with E-state index >= 15 is 0 Å². The molecule has 5 nitrogen and oxygen atoms in total. The van der Waals surface area contributed by atoms with Gasteiger partial charge in [0.25, 0.3) is 0 Å². The van der Waals surface area contributed by atoms with Crippen molar-refractivity contribution in [1.29, 1.82) is 0 Å². The first kappa shape index (κ1) is 17.5. The molecule has 6 heteroatoms. The van der Waals surface area contributed by atoms with Crippen molar-refractivity contribution in [3.8, 4) is 5.75 Å². The van der Waals surface area contributed by atoms with Crippen LogP contribution in [0.15, 0.2) is 40.8 Å². The summed E-state index contributed by atoms with van der Waals surface area (Å²) >= 11 is 5.39. The van der Waals surface area contributed by atoms with Crippen LogP contribution in [0.5, 0.6) is 5.75 Å². The Kier molecular flexibility index (Phi) is 5.40. The zero-order chi connectivity index (χ0) is 17.8.